The van der Waals surface area contributed by atoms with Crippen LogP contribution in [0.4, 0.5) is 4.39 Å². The normalized spacial score (nSPS) is 20.1. The van der Waals surface area contributed by atoms with E-state index in [4.69, 9.17) is 4.99 Å². The Morgan fingerprint density at radius 1 is 1.40 bits per heavy atom. The standard InChI is InChI=1S/C16H23FN2S/c1-10(2)7-14-9-20-16(19-14)18-12(4)13-6-5-11(3)15(17)8-13/h5-6,8,10,12,14H,7,9H2,1-4H3,(H,18,19). The van der Waals surface area contributed by atoms with Crippen molar-refractivity contribution in [3.05, 3.63) is 35.1 Å². The van der Waals surface area contributed by atoms with Gasteiger partial charge in [0.05, 0.1) is 12.1 Å². The minimum Gasteiger partial charge on any atom is -0.358 e. The molecule has 0 fully saturated rings. The molecule has 110 valence electrons. The van der Waals surface area contributed by atoms with Gasteiger partial charge in [0.1, 0.15) is 5.82 Å². The Labute approximate surface area is 125 Å². The molecule has 0 amide bonds. The second kappa shape index (κ2) is 6.61. The first-order valence-corrected chi connectivity index (χ1v) is 8.17. The van der Waals surface area contributed by atoms with Gasteiger partial charge in [0.2, 0.25) is 0 Å². The third kappa shape index (κ3) is 3.98. The van der Waals surface area contributed by atoms with Crippen molar-refractivity contribution in [2.45, 2.75) is 46.2 Å². The molecule has 2 unspecified atom stereocenters. The third-order valence-electron chi connectivity index (χ3n) is 3.49. The fourth-order valence-electron chi connectivity index (χ4n) is 2.31. The summed E-state index contributed by atoms with van der Waals surface area (Å²) in [5.74, 6) is 1.58. The number of rotatable bonds is 4. The van der Waals surface area contributed by atoms with Crippen LogP contribution < -0.4 is 5.32 Å². The number of halogens is 1. The number of hydrogen-bond acceptors (Lipinski definition) is 3. The van der Waals surface area contributed by atoms with Gasteiger partial charge >= 0.3 is 0 Å². The molecule has 0 bridgehead atoms. The van der Waals surface area contributed by atoms with Crippen LogP contribution in [0.5, 0.6) is 0 Å². The number of nitrogens with one attached hydrogen (secondary N) is 1. The summed E-state index contributed by atoms with van der Waals surface area (Å²) >= 11 is 1.77. The van der Waals surface area contributed by atoms with Crippen molar-refractivity contribution in [1.82, 2.24) is 5.32 Å². The van der Waals surface area contributed by atoms with Crippen molar-refractivity contribution < 1.29 is 4.39 Å². The molecule has 0 saturated carbocycles. The molecule has 1 aliphatic rings. The molecule has 0 saturated heterocycles. The van der Waals surface area contributed by atoms with Gasteiger partial charge in [-0.3, -0.25) is 4.99 Å². The summed E-state index contributed by atoms with van der Waals surface area (Å²) in [7, 11) is 0. The highest BCUT2D eigenvalue weighted by Gasteiger charge is 2.20. The topological polar surface area (TPSA) is 24.4 Å². The van der Waals surface area contributed by atoms with Crippen LogP contribution in [0.2, 0.25) is 0 Å². The summed E-state index contributed by atoms with van der Waals surface area (Å²) in [6.07, 6.45) is 1.13. The van der Waals surface area contributed by atoms with Gasteiger partial charge in [0.25, 0.3) is 0 Å². The van der Waals surface area contributed by atoms with Gasteiger partial charge in [0, 0.05) is 5.75 Å². The molecular formula is C16H23FN2S. The second-order valence-electron chi connectivity index (χ2n) is 5.90. The van der Waals surface area contributed by atoms with Crippen molar-refractivity contribution in [2.24, 2.45) is 10.9 Å². The Bertz CT molecular complexity index is 499. The van der Waals surface area contributed by atoms with E-state index in [9.17, 15) is 4.39 Å². The summed E-state index contributed by atoms with van der Waals surface area (Å²) in [4.78, 5) is 4.71. The molecule has 4 heteroatoms. The van der Waals surface area contributed by atoms with Crippen LogP contribution in [0, 0.1) is 18.7 Å². The van der Waals surface area contributed by atoms with Gasteiger partial charge in [-0.15, -0.1) is 0 Å². The Hall–Kier alpha value is -1.03. The average Bonchev–Trinajstić information content (AvgIpc) is 2.79. The third-order valence-corrected chi connectivity index (χ3v) is 4.54. The van der Waals surface area contributed by atoms with E-state index in [1.165, 1.54) is 0 Å². The highest BCUT2D eigenvalue weighted by molar-refractivity contribution is 8.14. The molecule has 0 aromatic heterocycles. The van der Waals surface area contributed by atoms with E-state index in [1.807, 2.05) is 19.1 Å². The molecule has 1 aliphatic heterocycles. The van der Waals surface area contributed by atoms with Crippen LogP contribution in [0.15, 0.2) is 23.2 Å². The lowest BCUT2D eigenvalue weighted by Crippen LogP contribution is -2.23. The van der Waals surface area contributed by atoms with Crippen LogP contribution in [0.1, 0.15) is 44.4 Å². The monoisotopic (exact) mass is 294 g/mol. The Balaban J connectivity index is 1.97. The average molecular weight is 294 g/mol. The fourth-order valence-corrected chi connectivity index (χ4v) is 3.35. The molecule has 20 heavy (non-hydrogen) atoms. The van der Waals surface area contributed by atoms with Crippen LogP contribution in [0.3, 0.4) is 0 Å². The highest BCUT2D eigenvalue weighted by atomic mass is 32.2. The second-order valence-corrected chi connectivity index (χ2v) is 6.91. The molecule has 0 aliphatic carbocycles. The van der Waals surface area contributed by atoms with Gasteiger partial charge in [-0.1, -0.05) is 37.7 Å². The van der Waals surface area contributed by atoms with Crippen molar-refractivity contribution in [3.8, 4) is 0 Å². The predicted molar refractivity (Wildman–Crippen MR) is 85.8 cm³/mol. The van der Waals surface area contributed by atoms with Crippen LogP contribution in [-0.4, -0.2) is 17.0 Å². The molecule has 2 atom stereocenters. The first-order valence-electron chi connectivity index (χ1n) is 7.19. The van der Waals surface area contributed by atoms with E-state index in [1.54, 1.807) is 24.8 Å². The molecule has 1 aromatic rings. The first kappa shape index (κ1) is 15.4. The lowest BCUT2D eigenvalue weighted by Gasteiger charge is -2.15. The SMILES string of the molecule is Cc1ccc(C(C)NC2=NC(CC(C)C)CS2)cc1F. The molecule has 0 radical (unpaired) electrons. The van der Waals surface area contributed by atoms with E-state index < -0.39 is 0 Å². The Kier molecular flexibility index (Phi) is 5.08. The summed E-state index contributed by atoms with van der Waals surface area (Å²) < 4.78 is 13.6. The molecule has 1 heterocycles. The van der Waals surface area contributed by atoms with Crippen molar-refractivity contribution in [1.29, 1.82) is 0 Å². The van der Waals surface area contributed by atoms with Crippen molar-refractivity contribution >= 4 is 16.9 Å². The molecular weight excluding hydrogens is 271 g/mol. The van der Waals surface area contributed by atoms with Gasteiger partial charge in [-0.25, -0.2) is 4.39 Å². The van der Waals surface area contributed by atoms with Crippen molar-refractivity contribution in [3.63, 3.8) is 0 Å². The molecule has 1 N–H and O–H groups in total. The van der Waals surface area contributed by atoms with E-state index in [0.29, 0.717) is 17.5 Å². The number of nitrogens with zero attached hydrogens (tertiary/aromatic N) is 1. The number of aliphatic imine (C=N–C) groups is 1. The van der Waals surface area contributed by atoms with Gasteiger partial charge < -0.3 is 5.32 Å². The summed E-state index contributed by atoms with van der Waals surface area (Å²) in [5.41, 5.74) is 1.65. The van der Waals surface area contributed by atoms with Gasteiger partial charge in [0.15, 0.2) is 5.17 Å². The van der Waals surface area contributed by atoms with Gasteiger partial charge in [-0.2, -0.15) is 0 Å². The maximum Gasteiger partial charge on any atom is 0.157 e. The molecule has 2 rings (SSSR count). The fraction of sp³-hybridized carbons (Fsp3) is 0.562. The van der Waals surface area contributed by atoms with Crippen LogP contribution in [-0.2, 0) is 0 Å². The maximum absolute atomic E-state index is 13.6. The van der Waals surface area contributed by atoms with E-state index in [-0.39, 0.29) is 11.9 Å². The summed E-state index contributed by atoms with van der Waals surface area (Å²) in [6, 6.07) is 5.91. The van der Waals surface area contributed by atoms with Gasteiger partial charge in [-0.05, 0) is 43.4 Å². The van der Waals surface area contributed by atoms with E-state index in [0.717, 1.165) is 22.9 Å². The lowest BCUT2D eigenvalue weighted by molar-refractivity contribution is 0.528. The zero-order valence-corrected chi connectivity index (χ0v) is 13.4. The first-order chi connectivity index (χ1) is 9.45. The van der Waals surface area contributed by atoms with Crippen molar-refractivity contribution in [2.75, 3.05) is 5.75 Å². The molecule has 1 aromatic carbocycles. The smallest absolute Gasteiger partial charge is 0.157 e. The Morgan fingerprint density at radius 3 is 2.80 bits per heavy atom. The van der Waals surface area contributed by atoms with Crippen LogP contribution in [0.25, 0.3) is 0 Å². The quantitative estimate of drug-likeness (QED) is 0.895. The Morgan fingerprint density at radius 2 is 2.15 bits per heavy atom. The summed E-state index contributed by atoms with van der Waals surface area (Å²) in [6.45, 7) is 8.28. The molecule has 0 spiro atoms. The van der Waals surface area contributed by atoms with E-state index >= 15 is 0 Å². The van der Waals surface area contributed by atoms with E-state index in [2.05, 4.69) is 19.2 Å². The molecule has 2 nitrogen and oxygen atoms in total. The number of hydrogen-bond donors (Lipinski definition) is 1. The largest absolute Gasteiger partial charge is 0.358 e. The highest BCUT2D eigenvalue weighted by Crippen LogP contribution is 2.24. The minimum atomic E-state index is -0.144. The zero-order valence-electron chi connectivity index (χ0n) is 12.6. The summed E-state index contributed by atoms with van der Waals surface area (Å²) in [5, 5.41) is 4.38. The zero-order chi connectivity index (χ0) is 14.7. The maximum atomic E-state index is 13.6. The number of amidine groups is 1. The predicted octanol–water partition coefficient (Wildman–Crippen LogP) is 4.30. The number of thioether (sulfide) groups is 1. The number of aryl methyl sites for hydroxylation is 1. The minimum absolute atomic E-state index is 0.0779. The number of benzene rings is 1. The van der Waals surface area contributed by atoms with Crippen LogP contribution >= 0.6 is 11.8 Å². The lowest BCUT2D eigenvalue weighted by atomic mass is 10.1.